The highest BCUT2D eigenvalue weighted by Crippen LogP contribution is 2.19. The first-order valence-corrected chi connectivity index (χ1v) is 6.73. The lowest BCUT2D eigenvalue weighted by atomic mass is 10.3. The zero-order valence-electron chi connectivity index (χ0n) is 10.2. The number of pyridine rings is 2. The van der Waals surface area contributed by atoms with E-state index in [9.17, 15) is 4.79 Å². The van der Waals surface area contributed by atoms with E-state index in [1.165, 1.54) is 24.7 Å². The fourth-order valence-corrected chi connectivity index (χ4v) is 1.63. The Hall–Kier alpha value is -1.40. The maximum absolute atomic E-state index is 10.1. The molecule has 110 valence electrons. The van der Waals surface area contributed by atoms with E-state index in [0.29, 0.717) is 27.5 Å². The van der Waals surface area contributed by atoms with Gasteiger partial charge in [-0.25, -0.2) is 9.97 Å². The number of oxime groups is 1. The second kappa shape index (κ2) is 8.79. The summed E-state index contributed by atoms with van der Waals surface area (Å²) in [6, 6.07) is 3.01. The molecule has 0 saturated carbocycles. The minimum Gasteiger partial charge on any atom is -0.411 e. The van der Waals surface area contributed by atoms with Gasteiger partial charge in [0.15, 0.2) is 6.29 Å². The molecule has 0 aliphatic carbocycles. The van der Waals surface area contributed by atoms with Crippen molar-refractivity contribution in [3.05, 3.63) is 56.0 Å². The first-order valence-electron chi connectivity index (χ1n) is 5.22. The summed E-state index contributed by atoms with van der Waals surface area (Å²) in [5.41, 5.74) is 1.02. The predicted octanol–water partition coefficient (Wildman–Crippen LogP) is 4.40. The van der Waals surface area contributed by atoms with Crippen LogP contribution in [0.25, 0.3) is 0 Å². The molecular formula is C12H7Cl4N3O2. The smallest absolute Gasteiger partial charge is 0.151 e. The Morgan fingerprint density at radius 1 is 0.952 bits per heavy atom. The minimum absolute atomic E-state index is 0.215. The zero-order chi connectivity index (χ0) is 15.8. The molecule has 0 spiro atoms. The lowest BCUT2D eigenvalue weighted by Gasteiger charge is -1.94. The van der Waals surface area contributed by atoms with Gasteiger partial charge in [0.2, 0.25) is 0 Å². The van der Waals surface area contributed by atoms with E-state index in [1.54, 1.807) is 6.07 Å². The third kappa shape index (κ3) is 5.85. The van der Waals surface area contributed by atoms with Crippen LogP contribution in [-0.2, 0) is 0 Å². The molecule has 2 aromatic heterocycles. The number of nitrogens with zero attached hydrogens (tertiary/aromatic N) is 3. The Balaban J connectivity index is 0.000000211. The summed E-state index contributed by atoms with van der Waals surface area (Å²) in [6.45, 7) is 0. The van der Waals surface area contributed by atoms with Gasteiger partial charge in [-0.1, -0.05) is 51.6 Å². The summed E-state index contributed by atoms with van der Waals surface area (Å²) in [5.74, 6) is 0. The van der Waals surface area contributed by atoms with Gasteiger partial charge >= 0.3 is 0 Å². The summed E-state index contributed by atoms with van der Waals surface area (Å²) >= 11 is 22.2. The van der Waals surface area contributed by atoms with Gasteiger partial charge in [0, 0.05) is 23.5 Å². The Bertz CT molecular complexity index is 665. The fraction of sp³-hybridized carbons (Fsp3) is 0. The number of carbonyl (C=O) groups excluding carboxylic acids is 1. The maximum Gasteiger partial charge on any atom is 0.151 e. The van der Waals surface area contributed by atoms with Crippen LogP contribution in [0.2, 0.25) is 20.4 Å². The van der Waals surface area contributed by atoms with Gasteiger partial charge in [-0.3, -0.25) is 4.79 Å². The van der Waals surface area contributed by atoms with Crippen LogP contribution in [0.15, 0.2) is 29.7 Å². The van der Waals surface area contributed by atoms with E-state index in [0.717, 1.165) is 0 Å². The number of hydrogen-bond donors (Lipinski definition) is 1. The second-order valence-electron chi connectivity index (χ2n) is 3.44. The summed E-state index contributed by atoms with van der Waals surface area (Å²) in [7, 11) is 0. The van der Waals surface area contributed by atoms with Gasteiger partial charge in [-0.2, -0.15) is 0 Å². The van der Waals surface area contributed by atoms with Crippen molar-refractivity contribution in [3.63, 3.8) is 0 Å². The lowest BCUT2D eigenvalue weighted by molar-refractivity contribution is 0.112. The van der Waals surface area contributed by atoms with Crippen molar-refractivity contribution >= 4 is 58.9 Å². The topological polar surface area (TPSA) is 75.4 Å². The molecular weight excluding hydrogens is 360 g/mol. The summed E-state index contributed by atoms with van der Waals surface area (Å²) in [6.07, 6.45) is 4.69. The van der Waals surface area contributed by atoms with Crippen molar-refractivity contribution in [1.82, 2.24) is 9.97 Å². The molecule has 2 heterocycles. The fourth-order valence-electron chi connectivity index (χ4n) is 1.07. The van der Waals surface area contributed by atoms with E-state index < -0.39 is 0 Å². The predicted molar refractivity (Wildman–Crippen MR) is 83.3 cm³/mol. The molecule has 0 aromatic carbocycles. The molecule has 0 amide bonds. The van der Waals surface area contributed by atoms with E-state index in [2.05, 4.69) is 15.1 Å². The van der Waals surface area contributed by atoms with Crippen LogP contribution in [0.4, 0.5) is 0 Å². The SMILES string of the molecule is O/N=C/c1cnc(Cl)c(Cl)c1.O=Cc1cnc(Cl)c(Cl)c1. The summed E-state index contributed by atoms with van der Waals surface area (Å²) < 4.78 is 0. The van der Waals surface area contributed by atoms with Gasteiger partial charge in [-0.05, 0) is 12.1 Å². The molecule has 0 saturated heterocycles. The molecule has 0 unspecified atom stereocenters. The molecule has 21 heavy (non-hydrogen) atoms. The molecule has 0 atom stereocenters. The number of hydrogen-bond acceptors (Lipinski definition) is 5. The Kier molecular flexibility index (Phi) is 7.39. The maximum atomic E-state index is 10.1. The first-order chi connectivity index (χ1) is 9.97. The number of rotatable bonds is 2. The van der Waals surface area contributed by atoms with Crippen LogP contribution < -0.4 is 0 Å². The summed E-state index contributed by atoms with van der Waals surface area (Å²) in [5, 5.41) is 12.0. The molecule has 0 radical (unpaired) electrons. The van der Waals surface area contributed by atoms with Gasteiger partial charge in [0.05, 0.1) is 16.3 Å². The number of halogens is 4. The van der Waals surface area contributed by atoms with Gasteiger partial charge in [-0.15, -0.1) is 0 Å². The third-order valence-electron chi connectivity index (χ3n) is 1.98. The van der Waals surface area contributed by atoms with E-state index in [-0.39, 0.29) is 10.3 Å². The Morgan fingerprint density at radius 3 is 1.86 bits per heavy atom. The molecule has 9 heteroatoms. The molecule has 0 fully saturated rings. The van der Waals surface area contributed by atoms with Crippen molar-refractivity contribution < 1.29 is 10.0 Å². The van der Waals surface area contributed by atoms with Crippen LogP contribution in [0, 0.1) is 0 Å². The molecule has 0 aliphatic heterocycles. The third-order valence-corrected chi connectivity index (χ3v) is 3.35. The highest BCUT2D eigenvalue weighted by molar-refractivity contribution is 6.41. The highest BCUT2D eigenvalue weighted by atomic mass is 35.5. The van der Waals surface area contributed by atoms with Crippen LogP contribution >= 0.6 is 46.4 Å². The average molecular weight is 367 g/mol. The molecule has 2 aromatic rings. The van der Waals surface area contributed by atoms with E-state index in [1.807, 2.05) is 0 Å². The molecule has 0 aliphatic rings. The van der Waals surface area contributed by atoms with Gasteiger partial charge < -0.3 is 5.21 Å². The average Bonchev–Trinajstić information content (AvgIpc) is 2.47. The van der Waals surface area contributed by atoms with Crippen LogP contribution in [0.1, 0.15) is 15.9 Å². The molecule has 0 bridgehead atoms. The number of carbonyl (C=O) groups is 1. The largest absolute Gasteiger partial charge is 0.411 e. The van der Waals surface area contributed by atoms with E-state index >= 15 is 0 Å². The normalized spacial score (nSPS) is 10.1. The quantitative estimate of drug-likeness (QED) is 0.281. The zero-order valence-corrected chi connectivity index (χ0v) is 13.2. The Labute approximate surface area is 140 Å². The molecule has 5 nitrogen and oxygen atoms in total. The molecule has 2 rings (SSSR count). The summed E-state index contributed by atoms with van der Waals surface area (Å²) in [4.78, 5) is 17.5. The standard InChI is InChI=1S/C6H4Cl2N2O.C6H3Cl2NO/c7-5-1-4(3-10-11)2-9-6(5)8;7-5-1-4(3-10)2-9-6(5)8/h1-3,11H;1-3H/b10-3+;. The van der Waals surface area contributed by atoms with Crippen molar-refractivity contribution in [2.75, 3.05) is 0 Å². The minimum atomic E-state index is 0.215. The first kappa shape index (κ1) is 17.7. The van der Waals surface area contributed by atoms with Crippen LogP contribution in [0.5, 0.6) is 0 Å². The lowest BCUT2D eigenvalue weighted by Crippen LogP contribution is -1.84. The van der Waals surface area contributed by atoms with Gasteiger partial charge in [0.1, 0.15) is 10.3 Å². The number of aldehydes is 1. The second-order valence-corrected chi connectivity index (χ2v) is 4.98. The van der Waals surface area contributed by atoms with E-state index in [4.69, 9.17) is 51.6 Å². The van der Waals surface area contributed by atoms with Crippen molar-refractivity contribution in [2.24, 2.45) is 5.16 Å². The number of aromatic nitrogens is 2. The van der Waals surface area contributed by atoms with Crippen LogP contribution in [-0.4, -0.2) is 27.7 Å². The highest BCUT2D eigenvalue weighted by Gasteiger charge is 1.98. The van der Waals surface area contributed by atoms with Crippen molar-refractivity contribution in [2.45, 2.75) is 0 Å². The van der Waals surface area contributed by atoms with Crippen LogP contribution in [0.3, 0.4) is 0 Å². The molecule has 1 N–H and O–H groups in total. The Morgan fingerprint density at radius 2 is 1.43 bits per heavy atom. The van der Waals surface area contributed by atoms with Crippen molar-refractivity contribution in [3.8, 4) is 0 Å². The van der Waals surface area contributed by atoms with Crippen molar-refractivity contribution in [1.29, 1.82) is 0 Å². The monoisotopic (exact) mass is 365 g/mol. The van der Waals surface area contributed by atoms with Gasteiger partial charge in [0.25, 0.3) is 0 Å².